The highest BCUT2D eigenvalue weighted by Crippen LogP contribution is 2.57. The quantitative estimate of drug-likeness (QED) is 0.305. The summed E-state index contributed by atoms with van der Waals surface area (Å²) in [7, 11) is 0. The van der Waals surface area contributed by atoms with Gasteiger partial charge in [0.2, 0.25) is 5.91 Å². The van der Waals surface area contributed by atoms with Crippen LogP contribution in [0.1, 0.15) is 44.6 Å². The molecule has 0 spiro atoms. The van der Waals surface area contributed by atoms with E-state index in [1.54, 1.807) is 28.2 Å². The van der Waals surface area contributed by atoms with E-state index < -0.39 is 11.4 Å². The molecule has 41 heavy (non-hydrogen) atoms. The Morgan fingerprint density at radius 2 is 1.88 bits per heavy atom. The van der Waals surface area contributed by atoms with Crippen molar-refractivity contribution in [1.29, 1.82) is 0 Å². The average molecular weight is 553 g/mol. The van der Waals surface area contributed by atoms with Crippen molar-refractivity contribution in [2.24, 2.45) is 11.3 Å². The molecular formula is C31H32N6O4. The number of carboxylic acid groups (broad SMARTS) is 1. The van der Waals surface area contributed by atoms with E-state index in [9.17, 15) is 19.5 Å². The molecule has 1 saturated heterocycles. The number of nitrogen functional groups attached to an aromatic ring is 1. The number of benzene rings is 2. The minimum Gasteiger partial charge on any atom is -0.481 e. The molecule has 4 N–H and O–H groups in total. The number of nitrogens with two attached hydrogens (primary N) is 1. The highest BCUT2D eigenvalue weighted by Gasteiger charge is 2.66. The molecule has 0 bridgehead atoms. The van der Waals surface area contributed by atoms with Crippen molar-refractivity contribution < 1.29 is 19.5 Å². The first-order valence-corrected chi connectivity index (χ1v) is 13.7. The number of carbonyl (C=O) groups excluding carboxylic acids is 2. The molecule has 2 atom stereocenters. The number of aryl methyl sites for hydroxylation is 2. The van der Waals surface area contributed by atoms with Crippen LogP contribution in [0.25, 0.3) is 10.8 Å². The lowest BCUT2D eigenvalue weighted by molar-refractivity contribution is -0.144. The number of hydrogen-bond acceptors (Lipinski definition) is 6. The van der Waals surface area contributed by atoms with E-state index in [-0.39, 0.29) is 24.2 Å². The van der Waals surface area contributed by atoms with Gasteiger partial charge in [0.25, 0.3) is 5.91 Å². The third-order valence-corrected chi connectivity index (χ3v) is 8.68. The van der Waals surface area contributed by atoms with E-state index in [1.165, 1.54) is 0 Å². The summed E-state index contributed by atoms with van der Waals surface area (Å²) in [4.78, 5) is 43.0. The number of hydrogen-bond donors (Lipinski definition) is 3. The summed E-state index contributed by atoms with van der Waals surface area (Å²) < 4.78 is 1.71. The Kier molecular flexibility index (Phi) is 6.48. The van der Waals surface area contributed by atoms with E-state index in [1.807, 2.05) is 50.2 Å². The van der Waals surface area contributed by atoms with E-state index in [0.29, 0.717) is 44.0 Å². The largest absolute Gasteiger partial charge is 0.481 e. The zero-order chi connectivity index (χ0) is 28.9. The number of aromatic nitrogens is 3. The van der Waals surface area contributed by atoms with Crippen molar-refractivity contribution in [3.05, 3.63) is 88.4 Å². The maximum absolute atomic E-state index is 12.9. The number of aliphatic carboxylic acids is 1. The summed E-state index contributed by atoms with van der Waals surface area (Å²) in [5, 5.41) is 18.7. The molecule has 210 valence electrons. The normalized spacial score (nSPS) is 19.3. The maximum Gasteiger partial charge on any atom is 0.311 e. The fourth-order valence-electron chi connectivity index (χ4n) is 6.08. The Morgan fingerprint density at radius 3 is 2.61 bits per heavy atom. The predicted molar refractivity (Wildman–Crippen MR) is 153 cm³/mol. The third kappa shape index (κ3) is 4.90. The van der Waals surface area contributed by atoms with Gasteiger partial charge in [0, 0.05) is 37.4 Å². The zero-order valence-corrected chi connectivity index (χ0v) is 23.1. The van der Waals surface area contributed by atoms with Gasteiger partial charge < -0.3 is 21.1 Å². The van der Waals surface area contributed by atoms with E-state index in [4.69, 9.17) is 5.73 Å². The fraction of sp³-hybridized carbons (Fsp3) is 0.323. The number of anilines is 1. The van der Waals surface area contributed by atoms with Crippen molar-refractivity contribution in [3.63, 3.8) is 0 Å². The maximum atomic E-state index is 12.9. The molecule has 3 heterocycles. The van der Waals surface area contributed by atoms with Crippen LogP contribution in [0.2, 0.25) is 0 Å². The van der Waals surface area contributed by atoms with Crippen molar-refractivity contribution >= 4 is 34.4 Å². The van der Waals surface area contributed by atoms with E-state index in [2.05, 4.69) is 15.4 Å². The number of carboxylic acids is 1. The van der Waals surface area contributed by atoms with Crippen LogP contribution in [0.3, 0.4) is 0 Å². The fourth-order valence-corrected chi connectivity index (χ4v) is 6.08. The zero-order valence-electron chi connectivity index (χ0n) is 23.1. The molecule has 4 aromatic rings. The standard InChI is InChI=1S/C31H32N6O4/c1-18-9-25-24(7-8-33-28(25)32)19(2)26(18)13-34-29(39)22-12-35-37(15-22)14-21-5-3-20(4-6-21)10-27(38)36-16-23-11-31(23,17-36)30(40)41/h3-9,12,15,23H,10-11,13-14,16-17H2,1-2H3,(H2,32,33)(H,34,39)(H,40,41). The summed E-state index contributed by atoms with van der Waals surface area (Å²) in [5.74, 6) is -0.447. The average Bonchev–Trinajstić information content (AvgIpc) is 3.26. The molecular weight excluding hydrogens is 520 g/mol. The van der Waals surface area contributed by atoms with Gasteiger partial charge in [-0.25, -0.2) is 4.98 Å². The molecule has 2 aliphatic rings. The molecule has 2 amide bonds. The minimum absolute atomic E-state index is 0.0384. The molecule has 2 fully saturated rings. The summed E-state index contributed by atoms with van der Waals surface area (Å²) in [6.45, 7) is 5.74. The molecule has 0 radical (unpaired) electrons. The Balaban J connectivity index is 1.04. The number of carbonyl (C=O) groups is 3. The van der Waals surface area contributed by atoms with E-state index in [0.717, 1.165) is 38.6 Å². The van der Waals surface area contributed by atoms with Crippen LogP contribution in [0.15, 0.2) is 55.0 Å². The molecule has 6 rings (SSSR count). The summed E-state index contributed by atoms with van der Waals surface area (Å²) in [5.41, 5.74) is 10.8. The van der Waals surface area contributed by atoms with Gasteiger partial charge in [0.05, 0.1) is 30.1 Å². The van der Waals surface area contributed by atoms with Gasteiger partial charge in [-0.15, -0.1) is 0 Å². The number of likely N-dealkylation sites (tertiary alicyclic amines) is 1. The molecule has 2 aromatic carbocycles. The van der Waals surface area contributed by atoms with Crippen LogP contribution < -0.4 is 11.1 Å². The van der Waals surface area contributed by atoms with Gasteiger partial charge >= 0.3 is 5.97 Å². The Bertz CT molecular complexity index is 1700. The number of nitrogens with zero attached hydrogens (tertiary/aromatic N) is 4. The molecule has 10 heteroatoms. The number of pyridine rings is 1. The molecule has 1 aliphatic heterocycles. The lowest BCUT2D eigenvalue weighted by Crippen LogP contribution is -2.34. The van der Waals surface area contributed by atoms with Crippen LogP contribution in [0.5, 0.6) is 0 Å². The highest BCUT2D eigenvalue weighted by atomic mass is 16.4. The molecule has 1 saturated carbocycles. The minimum atomic E-state index is -0.791. The number of rotatable bonds is 8. The van der Waals surface area contributed by atoms with Crippen molar-refractivity contribution in [2.45, 2.75) is 39.8 Å². The molecule has 2 unspecified atom stereocenters. The lowest BCUT2D eigenvalue weighted by atomic mass is 9.96. The second-order valence-corrected chi connectivity index (χ2v) is 11.3. The van der Waals surface area contributed by atoms with Gasteiger partial charge in [-0.05, 0) is 71.5 Å². The molecule has 2 aromatic heterocycles. The first kappa shape index (κ1) is 26.5. The van der Waals surface area contributed by atoms with Crippen molar-refractivity contribution in [1.82, 2.24) is 25.0 Å². The smallest absolute Gasteiger partial charge is 0.311 e. The first-order valence-electron chi connectivity index (χ1n) is 13.7. The van der Waals surface area contributed by atoms with Crippen LogP contribution in [-0.2, 0) is 29.1 Å². The Morgan fingerprint density at radius 1 is 1.12 bits per heavy atom. The molecule has 10 nitrogen and oxygen atoms in total. The third-order valence-electron chi connectivity index (χ3n) is 8.68. The topological polar surface area (TPSA) is 143 Å². The van der Waals surface area contributed by atoms with Crippen molar-refractivity contribution in [3.8, 4) is 0 Å². The second-order valence-electron chi connectivity index (χ2n) is 11.3. The van der Waals surface area contributed by atoms with Crippen LogP contribution in [0, 0.1) is 25.2 Å². The lowest BCUT2D eigenvalue weighted by Gasteiger charge is -2.19. The highest BCUT2D eigenvalue weighted by molar-refractivity contribution is 5.95. The summed E-state index contributed by atoms with van der Waals surface area (Å²) >= 11 is 0. The van der Waals surface area contributed by atoms with Gasteiger partial charge in [-0.2, -0.15) is 5.10 Å². The van der Waals surface area contributed by atoms with Crippen LogP contribution in [-0.4, -0.2) is 55.6 Å². The van der Waals surface area contributed by atoms with Crippen molar-refractivity contribution in [2.75, 3.05) is 18.8 Å². The Hall–Kier alpha value is -4.73. The van der Waals surface area contributed by atoms with Gasteiger partial charge in [-0.3, -0.25) is 19.1 Å². The van der Waals surface area contributed by atoms with Gasteiger partial charge in [0.1, 0.15) is 5.82 Å². The first-order chi connectivity index (χ1) is 19.6. The number of piperidine rings is 1. The monoisotopic (exact) mass is 552 g/mol. The predicted octanol–water partition coefficient (Wildman–Crippen LogP) is 3.08. The van der Waals surface area contributed by atoms with Gasteiger partial charge in [0.15, 0.2) is 0 Å². The summed E-state index contributed by atoms with van der Waals surface area (Å²) in [6.07, 6.45) is 5.89. The second kappa shape index (κ2) is 10.0. The molecule has 1 aliphatic carbocycles. The number of fused-ring (bicyclic) bond motifs is 2. The number of nitrogens with one attached hydrogen (secondary N) is 1. The van der Waals surface area contributed by atoms with E-state index >= 15 is 0 Å². The Labute approximate surface area is 237 Å². The summed E-state index contributed by atoms with van der Waals surface area (Å²) in [6, 6.07) is 11.6. The van der Waals surface area contributed by atoms with Crippen LogP contribution >= 0.6 is 0 Å². The SMILES string of the molecule is Cc1cc2c(N)nccc2c(C)c1CNC(=O)c1cnn(Cc2ccc(CC(=O)N3CC4CC4(C(=O)O)C3)cc2)c1. The number of amides is 2. The van der Waals surface area contributed by atoms with Gasteiger partial charge in [-0.1, -0.05) is 24.3 Å². The van der Waals surface area contributed by atoms with Crippen LogP contribution in [0.4, 0.5) is 5.82 Å².